The molecule has 0 amide bonds. The van der Waals surface area contributed by atoms with Gasteiger partial charge in [0.15, 0.2) is 0 Å². The zero-order valence-electron chi connectivity index (χ0n) is 8.00. The van der Waals surface area contributed by atoms with E-state index in [0.717, 1.165) is 18.5 Å². The van der Waals surface area contributed by atoms with Crippen LogP contribution in [0.1, 0.15) is 18.0 Å². The number of halogens is 2. The Balaban J connectivity index is 2.30. The predicted molar refractivity (Wildman–Crippen MR) is 60.9 cm³/mol. The Hall–Kier alpha value is -0.750. The summed E-state index contributed by atoms with van der Waals surface area (Å²) in [6.45, 7) is 0.878. The highest BCUT2D eigenvalue weighted by molar-refractivity contribution is 6.42. The molecular weight excluding hydrogens is 231 g/mol. The molecule has 2 nitrogen and oxygen atoms in total. The summed E-state index contributed by atoms with van der Waals surface area (Å²) in [5.74, 6) is 0.0299. The molecule has 78 valence electrons. The summed E-state index contributed by atoms with van der Waals surface area (Å²) < 4.78 is 0. The van der Waals surface area contributed by atoms with Crippen molar-refractivity contribution in [1.29, 1.82) is 5.26 Å². The van der Waals surface area contributed by atoms with Crippen LogP contribution in [0.15, 0.2) is 18.2 Å². The number of nitrogens with zero attached hydrogens (tertiary/aromatic N) is 1. The first-order chi connectivity index (χ1) is 7.22. The zero-order chi connectivity index (χ0) is 10.8. The van der Waals surface area contributed by atoms with Gasteiger partial charge in [0.05, 0.1) is 22.0 Å². The van der Waals surface area contributed by atoms with Crippen LogP contribution < -0.4 is 5.32 Å². The van der Waals surface area contributed by atoms with Gasteiger partial charge in [-0.15, -0.1) is 0 Å². The summed E-state index contributed by atoms with van der Waals surface area (Å²) in [5.41, 5.74) is 1.04. The molecule has 1 saturated heterocycles. The van der Waals surface area contributed by atoms with Crippen molar-refractivity contribution in [3.63, 3.8) is 0 Å². The van der Waals surface area contributed by atoms with Crippen molar-refractivity contribution in [3.8, 4) is 6.07 Å². The Bertz CT molecular complexity index is 412. The summed E-state index contributed by atoms with van der Waals surface area (Å²) in [6.07, 6.45) is 0.890. The minimum atomic E-state index is 0.0299. The van der Waals surface area contributed by atoms with E-state index in [-0.39, 0.29) is 12.0 Å². The van der Waals surface area contributed by atoms with E-state index in [9.17, 15) is 0 Å². The van der Waals surface area contributed by atoms with E-state index in [4.69, 9.17) is 28.5 Å². The van der Waals surface area contributed by atoms with E-state index in [1.165, 1.54) is 0 Å². The van der Waals surface area contributed by atoms with Crippen LogP contribution >= 0.6 is 23.2 Å². The van der Waals surface area contributed by atoms with Crippen molar-refractivity contribution in [2.45, 2.75) is 12.5 Å². The fourth-order valence-corrected chi connectivity index (χ4v) is 2.20. The van der Waals surface area contributed by atoms with Crippen LogP contribution in [0.25, 0.3) is 0 Å². The molecule has 1 fully saturated rings. The second kappa shape index (κ2) is 4.40. The summed E-state index contributed by atoms with van der Waals surface area (Å²) in [4.78, 5) is 0. The van der Waals surface area contributed by atoms with Gasteiger partial charge in [0.1, 0.15) is 0 Å². The first kappa shape index (κ1) is 10.8. The van der Waals surface area contributed by atoms with Crippen molar-refractivity contribution in [3.05, 3.63) is 33.8 Å². The molecule has 2 rings (SSSR count). The maximum atomic E-state index is 8.97. The molecule has 0 bridgehead atoms. The first-order valence-electron chi connectivity index (χ1n) is 4.80. The van der Waals surface area contributed by atoms with Gasteiger partial charge in [-0.05, 0) is 30.7 Å². The standard InChI is InChI=1S/C11H10Cl2N2/c12-9-2-1-7(5-10(9)13)11-8(6-14)3-4-15-11/h1-2,5,8,11,15H,3-4H2. The Morgan fingerprint density at radius 2 is 2.13 bits per heavy atom. The minimum Gasteiger partial charge on any atom is -0.309 e. The van der Waals surface area contributed by atoms with E-state index in [1.807, 2.05) is 12.1 Å². The Morgan fingerprint density at radius 1 is 1.33 bits per heavy atom. The molecule has 2 atom stereocenters. The smallest absolute Gasteiger partial charge is 0.0676 e. The first-order valence-corrected chi connectivity index (χ1v) is 5.56. The molecule has 1 aromatic rings. The maximum Gasteiger partial charge on any atom is 0.0676 e. The molecule has 1 heterocycles. The van der Waals surface area contributed by atoms with E-state index >= 15 is 0 Å². The Labute approximate surface area is 98.8 Å². The van der Waals surface area contributed by atoms with Gasteiger partial charge in [-0.3, -0.25) is 0 Å². The normalized spacial score (nSPS) is 25.1. The second-order valence-electron chi connectivity index (χ2n) is 3.63. The lowest BCUT2D eigenvalue weighted by atomic mass is 9.96. The van der Waals surface area contributed by atoms with Gasteiger partial charge >= 0.3 is 0 Å². The lowest BCUT2D eigenvalue weighted by Crippen LogP contribution is -2.16. The molecule has 0 radical (unpaired) electrons. The zero-order valence-corrected chi connectivity index (χ0v) is 9.52. The molecular formula is C11H10Cl2N2. The average molecular weight is 241 g/mol. The summed E-state index contributed by atoms with van der Waals surface area (Å²) >= 11 is 11.8. The molecule has 1 N–H and O–H groups in total. The third-order valence-corrected chi connectivity index (χ3v) is 3.43. The van der Waals surface area contributed by atoms with Crippen LogP contribution in [0.4, 0.5) is 0 Å². The van der Waals surface area contributed by atoms with Crippen molar-refractivity contribution < 1.29 is 0 Å². The van der Waals surface area contributed by atoms with Gasteiger partial charge < -0.3 is 5.32 Å². The highest BCUT2D eigenvalue weighted by atomic mass is 35.5. The topological polar surface area (TPSA) is 35.8 Å². The highest BCUT2D eigenvalue weighted by Crippen LogP contribution is 2.32. The fraction of sp³-hybridized carbons (Fsp3) is 0.364. The summed E-state index contributed by atoms with van der Waals surface area (Å²) in [6, 6.07) is 7.92. The lowest BCUT2D eigenvalue weighted by Gasteiger charge is -2.14. The number of benzene rings is 1. The fourth-order valence-electron chi connectivity index (χ4n) is 1.90. The molecule has 0 saturated carbocycles. The molecule has 15 heavy (non-hydrogen) atoms. The van der Waals surface area contributed by atoms with Crippen LogP contribution in [0, 0.1) is 17.2 Å². The number of rotatable bonds is 1. The van der Waals surface area contributed by atoms with E-state index < -0.39 is 0 Å². The number of nitrogens with one attached hydrogen (secondary N) is 1. The minimum absolute atomic E-state index is 0.0299. The molecule has 4 heteroatoms. The van der Waals surface area contributed by atoms with Gasteiger partial charge in [0.25, 0.3) is 0 Å². The van der Waals surface area contributed by atoms with Crippen LogP contribution in [-0.2, 0) is 0 Å². The molecule has 0 spiro atoms. The Morgan fingerprint density at radius 3 is 2.80 bits per heavy atom. The van der Waals surface area contributed by atoms with Crippen LogP contribution in [0.2, 0.25) is 10.0 Å². The highest BCUT2D eigenvalue weighted by Gasteiger charge is 2.28. The molecule has 0 aliphatic carbocycles. The van der Waals surface area contributed by atoms with Crippen LogP contribution in [-0.4, -0.2) is 6.54 Å². The van der Waals surface area contributed by atoms with E-state index in [2.05, 4.69) is 11.4 Å². The summed E-state index contributed by atoms with van der Waals surface area (Å²) in [5, 5.41) is 13.4. The summed E-state index contributed by atoms with van der Waals surface area (Å²) in [7, 11) is 0. The number of hydrogen-bond acceptors (Lipinski definition) is 2. The van der Waals surface area contributed by atoms with Crippen molar-refractivity contribution in [1.82, 2.24) is 5.32 Å². The lowest BCUT2D eigenvalue weighted by molar-refractivity contribution is 0.561. The van der Waals surface area contributed by atoms with E-state index in [1.54, 1.807) is 6.07 Å². The molecule has 1 aliphatic rings. The largest absolute Gasteiger partial charge is 0.309 e. The predicted octanol–water partition coefficient (Wildman–Crippen LogP) is 3.17. The van der Waals surface area contributed by atoms with E-state index in [0.29, 0.717) is 10.0 Å². The van der Waals surface area contributed by atoms with Crippen molar-refractivity contribution in [2.24, 2.45) is 5.92 Å². The molecule has 1 aliphatic heterocycles. The molecule has 2 unspecified atom stereocenters. The van der Waals surface area contributed by atoms with Gasteiger partial charge in [-0.2, -0.15) is 5.26 Å². The molecule has 0 aromatic heterocycles. The SMILES string of the molecule is N#CC1CCNC1c1ccc(Cl)c(Cl)c1. The monoisotopic (exact) mass is 240 g/mol. The van der Waals surface area contributed by atoms with Gasteiger partial charge in [0.2, 0.25) is 0 Å². The number of hydrogen-bond donors (Lipinski definition) is 1. The third kappa shape index (κ3) is 2.10. The average Bonchev–Trinajstić information content (AvgIpc) is 2.70. The number of nitriles is 1. The maximum absolute atomic E-state index is 8.97. The van der Waals surface area contributed by atoms with Gasteiger partial charge in [0, 0.05) is 6.04 Å². The van der Waals surface area contributed by atoms with Crippen LogP contribution in [0.3, 0.4) is 0 Å². The molecule has 1 aromatic carbocycles. The van der Waals surface area contributed by atoms with Gasteiger partial charge in [-0.25, -0.2) is 0 Å². The van der Waals surface area contributed by atoms with Crippen molar-refractivity contribution in [2.75, 3.05) is 6.54 Å². The second-order valence-corrected chi connectivity index (χ2v) is 4.44. The van der Waals surface area contributed by atoms with Crippen LogP contribution in [0.5, 0.6) is 0 Å². The third-order valence-electron chi connectivity index (χ3n) is 2.69. The van der Waals surface area contributed by atoms with Crippen molar-refractivity contribution >= 4 is 23.2 Å². The Kier molecular flexibility index (Phi) is 3.16. The van der Waals surface area contributed by atoms with Gasteiger partial charge in [-0.1, -0.05) is 29.3 Å². The quantitative estimate of drug-likeness (QED) is 0.819.